The fourth-order valence-corrected chi connectivity index (χ4v) is 3.65. The number of carbonyl (C=O) groups is 1. The molecule has 1 saturated heterocycles. The molecule has 0 radical (unpaired) electrons. The molecule has 2 fully saturated rings. The van der Waals surface area contributed by atoms with Crippen LogP contribution >= 0.6 is 0 Å². The van der Waals surface area contributed by atoms with E-state index >= 15 is 0 Å². The monoisotopic (exact) mass is 390 g/mol. The maximum atomic E-state index is 15.0. The summed E-state index contributed by atoms with van der Waals surface area (Å²) in [5, 5.41) is 0. The summed E-state index contributed by atoms with van der Waals surface area (Å²) in [5.74, 6) is -2.59. The van der Waals surface area contributed by atoms with Gasteiger partial charge in [0.25, 0.3) is 0 Å². The molecule has 1 aromatic carbocycles. The van der Waals surface area contributed by atoms with Crippen LogP contribution in [-0.4, -0.2) is 33.2 Å². The number of methoxy groups -OCH3 is 2. The van der Waals surface area contributed by atoms with Crippen molar-refractivity contribution in [2.75, 3.05) is 32.2 Å². The molecule has 0 aromatic heterocycles. The molecule has 1 aliphatic heterocycles. The standard InChI is InChI=1S/C21H24F2N2O3/c1-5-13-11-25(19-17(22)15(27-3)9-16(28-4)18(19)23)20(26)21(6-7-21)14(13)8-12(2)10-24/h5,8-9H,2,6-7,10-11,24H2,1,3-4H3/b13-5-,14-8+. The molecule has 150 valence electrons. The van der Waals surface area contributed by atoms with Crippen LogP contribution in [0, 0.1) is 17.0 Å². The number of carbonyl (C=O) groups excluding carboxylic acids is 1. The zero-order chi connectivity index (χ0) is 20.6. The minimum Gasteiger partial charge on any atom is -0.493 e. The minimum absolute atomic E-state index is 0.0327. The van der Waals surface area contributed by atoms with E-state index in [2.05, 4.69) is 6.58 Å². The number of rotatable bonds is 5. The molecule has 2 aliphatic rings. The number of hydrogen-bond donors (Lipinski definition) is 1. The van der Waals surface area contributed by atoms with Crippen molar-refractivity contribution < 1.29 is 23.0 Å². The van der Waals surface area contributed by atoms with E-state index in [9.17, 15) is 13.6 Å². The van der Waals surface area contributed by atoms with E-state index in [-0.39, 0.29) is 30.5 Å². The summed E-state index contributed by atoms with van der Waals surface area (Å²) in [5.41, 5.74) is 6.75. The Bertz CT molecular complexity index is 873. The molecule has 1 aliphatic carbocycles. The average Bonchev–Trinajstić information content (AvgIpc) is 3.49. The highest BCUT2D eigenvalue weighted by molar-refractivity contribution is 6.05. The van der Waals surface area contributed by atoms with Crippen molar-refractivity contribution in [1.29, 1.82) is 0 Å². The maximum Gasteiger partial charge on any atom is 0.238 e. The Morgan fingerprint density at radius 1 is 1.29 bits per heavy atom. The van der Waals surface area contributed by atoms with Crippen LogP contribution in [0.3, 0.4) is 0 Å². The fourth-order valence-electron chi connectivity index (χ4n) is 3.65. The number of benzene rings is 1. The number of anilines is 1. The second-order valence-corrected chi connectivity index (χ2v) is 6.97. The van der Waals surface area contributed by atoms with E-state index in [1.54, 1.807) is 0 Å². The lowest BCUT2D eigenvalue weighted by atomic mass is 9.82. The summed E-state index contributed by atoms with van der Waals surface area (Å²) in [6, 6.07) is 1.13. The van der Waals surface area contributed by atoms with E-state index in [0.717, 1.165) is 22.1 Å². The van der Waals surface area contributed by atoms with Crippen molar-refractivity contribution in [3.63, 3.8) is 0 Å². The van der Waals surface area contributed by atoms with Crippen LogP contribution in [0.2, 0.25) is 0 Å². The zero-order valence-corrected chi connectivity index (χ0v) is 16.3. The highest BCUT2D eigenvalue weighted by Gasteiger charge is 2.58. The topological polar surface area (TPSA) is 64.8 Å². The third kappa shape index (κ3) is 2.99. The normalized spacial score (nSPS) is 20.8. The summed E-state index contributed by atoms with van der Waals surface area (Å²) in [7, 11) is 2.55. The van der Waals surface area contributed by atoms with Crippen molar-refractivity contribution >= 4 is 11.6 Å². The summed E-state index contributed by atoms with van der Waals surface area (Å²) < 4.78 is 40.0. The van der Waals surface area contributed by atoms with E-state index in [4.69, 9.17) is 15.2 Å². The van der Waals surface area contributed by atoms with Gasteiger partial charge in [0.15, 0.2) is 23.1 Å². The number of halogens is 2. The van der Waals surface area contributed by atoms with Gasteiger partial charge in [-0.15, -0.1) is 0 Å². The molecule has 1 spiro atoms. The van der Waals surface area contributed by atoms with Gasteiger partial charge in [0.2, 0.25) is 5.91 Å². The third-order valence-electron chi connectivity index (χ3n) is 5.37. The Hall–Kier alpha value is -2.67. The van der Waals surface area contributed by atoms with Crippen LogP contribution in [-0.2, 0) is 4.79 Å². The van der Waals surface area contributed by atoms with Gasteiger partial charge in [0, 0.05) is 12.6 Å². The minimum atomic E-state index is -0.931. The van der Waals surface area contributed by atoms with Gasteiger partial charge in [0.05, 0.1) is 26.2 Å². The van der Waals surface area contributed by atoms with Gasteiger partial charge in [-0.1, -0.05) is 18.7 Å². The molecule has 7 heteroatoms. The number of piperidine rings is 1. The molecule has 0 bridgehead atoms. The van der Waals surface area contributed by atoms with Crippen molar-refractivity contribution in [1.82, 2.24) is 0 Å². The molecule has 2 N–H and O–H groups in total. The van der Waals surface area contributed by atoms with Gasteiger partial charge in [-0.05, 0) is 36.5 Å². The predicted molar refractivity (Wildman–Crippen MR) is 104 cm³/mol. The molecule has 3 rings (SSSR count). The zero-order valence-electron chi connectivity index (χ0n) is 16.3. The summed E-state index contributed by atoms with van der Waals surface area (Å²) in [4.78, 5) is 14.5. The number of amides is 1. The first-order valence-corrected chi connectivity index (χ1v) is 9.02. The first-order valence-electron chi connectivity index (χ1n) is 9.02. The van der Waals surface area contributed by atoms with Gasteiger partial charge in [-0.25, -0.2) is 8.78 Å². The number of allylic oxidation sites excluding steroid dienone is 1. The largest absolute Gasteiger partial charge is 0.493 e. The van der Waals surface area contributed by atoms with Crippen LogP contribution < -0.4 is 20.1 Å². The lowest BCUT2D eigenvalue weighted by molar-refractivity contribution is -0.122. The smallest absolute Gasteiger partial charge is 0.238 e. The summed E-state index contributed by atoms with van der Waals surface area (Å²) >= 11 is 0. The molecule has 1 saturated carbocycles. The Morgan fingerprint density at radius 3 is 2.29 bits per heavy atom. The first kappa shape index (κ1) is 20.1. The average molecular weight is 390 g/mol. The van der Waals surface area contributed by atoms with Gasteiger partial charge >= 0.3 is 0 Å². The molecule has 1 amide bonds. The molecule has 28 heavy (non-hydrogen) atoms. The molecular weight excluding hydrogens is 366 g/mol. The van der Waals surface area contributed by atoms with Gasteiger partial charge < -0.3 is 20.1 Å². The highest BCUT2D eigenvalue weighted by Crippen LogP contribution is 2.59. The fraction of sp³-hybridized carbons (Fsp3) is 0.381. The van der Waals surface area contributed by atoms with E-state index < -0.39 is 22.7 Å². The van der Waals surface area contributed by atoms with Crippen LogP contribution in [0.5, 0.6) is 11.5 Å². The lowest BCUT2D eigenvalue weighted by Crippen LogP contribution is -2.46. The van der Waals surface area contributed by atoms with E-state index in [0.29, 0.717) is 18.4 Å². The molecule has 5 nitrogen and oxygen atoms in total. The second kappa shape index (κ2) is 7.39. The van der Waals surface area contributed by atoms with Gasteiger partial charge in [-0.2, -0.15) is 0 Å². The third-order valence-corrected chi connectivity index (χ3v) is 5.37. The molecular formula is C21H24F2N2O3. The van der Waals surface area contributed by atoms with Crippen molar-refractivity contribution in [2.45, 2.75) is 19.8 Å². The maximum absolute atomic E-state index is 15.0. The number of hydrogen-bond acceptors (Lipinski definition) is 4. The quantitative estimate of drug-likeness (QED) is 0.836. The Balaban J connectivity index is 2.16. The van der Waals surface area contributed by atoms with Crippen molar-refractivity contribution in [3.8, 4) is 11.5 Å². The summed E-state index contributed by atoms with van der Waals surface area (Å²) in [6.45, 7) is 6.03. The number of nitrogens with two attached hydrogens (primary N) is 1. The predicted octanol–water partition coefficient (Wildman–Crippen LogP) is 3.50. The Morgan fingerprint density at radius 2 is 1.86 bits per heavy atom. The van der Waals surface area contributed by atoms with Crippen molar-refractivity contribution in [3.05, 3.63) is 53.2 Å². The summed E-state index contributed by atoms with van der Waals surface area (Å²) in [6.07, 6.45) is 4.89. The molecule has 0 unspecified atom stereocenters. The van der Waals surface area contributed by atoms with Crippen LogP contribution in [0.1, 0.15) is 19.8 Å². The molecule has 1 aromatic rings. The van der Waals surface area contributed by atoms with Gasteiger partial charge in [-0.3, -0.25) is 4.79 Å². The number of nitrogens with zero attached hydrogens (tertiary/aromatic N) is 1. The van der Waals surface area contributed by atoms with Crippen molar-refractivity contribution in [2.24, 2.45) is 11.1 Å². The van der Waals surface area contributed by atoms with Gasteiger partial charge in [0.1, 0.15) is 5.69 Å². The van der Waals surface area contributed by atoms with E-state index in [1.807, 2.05) is 19.1 Å². The number of ether oxygens (including phenoxy) is 2. The SMILES string of the molecule is C=C(/C=C1\C(=C/C)CN(c2c(F)c(OC)cc(OC)c2F)C(=O)C12CC2)CN. The van der Waals surface area contributed by atoms with E-state index in [1.165, 1.54) is 14.2 Å². The Labute approximate surface area is 163 Å². The second-order valence-electron chi connectivity index (χ2n) is 6.97. The molecule has 1 heterocycles. The van der Waals surface area contributed by atoms with Crippen LogP contribution in [0.15, 0.2) is 41.5 Å². The first-order chi connectivity index (χ1) is 13.3. The Kier molecular flexibility index (Phi) is 5.30. The van der Waals surface area contributed by atoms with Crippen LogP contribution in [0.4, 0.5) is 14.5 Å². The highest BCUT2D eigenvalue weighted by atomic mass is 19.1. The lowest BCUT2D eigenvalue weighted by Gasteiger charge is -2.37. The molecule has 0 atom stereocenters. The van der Waals surface area contributed by atoms with Crippen LogP contribution in [0.25, 0.3) is 0 Å².